The van der Waals surface area contributed by atoms with E-state index in [0.29, 0.717) is 0 Å². The van der Waals surface area contributed by atoms with Crippen LogP contribution >= 0.6 is 0 Å². The molecule has 1 aromatic heterocycles. The van der Waals surface area contributed by atoms with Crippen molar-refractivity contribution in [2.45, 2.75) is 33.0 Å². The van der Waals surface area contributed by atoms with Gasteiger partial charge in [-0.15, -0.1) is 0 Å². The van der Waals surface area contributed by atoms with Crippen molar-refractivity contribution in [1.29, 1.82) is 0 Å². The molecule has 80 valence electrons. The van der Waals surface area contributed by atoms with Gasteiger partial charge in [-0.2, -0.15) is 0 Å². The summed E-state index contributed by atoms with van der Waals surface area (Å²) in [5.74, 6) is 0. The lowest BCUT2D eigenvalue weighted by molar-refractivity contribution is 0.117. The monoisotopic (exact) mass is 197 g/mol. The van der Waals surface area contributed by atoms with Gasteiger partial charge in [-0.25, -0.2) is 4.98 Å². The molecule has 0 spiro atoms. The second-order valence-corrected chi connectivity index (χ2v) is 3.35. The van der Waals surface area contributed by atoms with Crippen LogP contribution in [0.4, 0.5) is 0 Å². The average molecular weight is 197 g/mol. The molecule has 0 radical (unpaired) electrons. The van der Waals surface area contributed by atoms with Crippen LogP contribution in [-0.2, 0) is 17.8 Å². The van der Waals surface area contributed by atoms with Crippen LogP contribution in [0.1, 0.15) is 19.5 Å². The van der Waals surface area contributed by atoms with Gasteiger partial charge >= 0.3 is 0 Å². The molecule has 4 heteroatoms. The van der Waals surface area contributed by atoms with Crippen LogP contribution < -0.4 is 5.32 Å². The number of imidazole rings is 1. The Balaban J connectivity index is 2.31. The number of rotatable bonds is 6. The Labute approximate surface area is 85.3 Å². The number of nitrogens with zero attached hydrogens (tertiary/aromatic N) is 2. The van der Waals surface area contributed by atoms with Gasteiger partial charge in [-0.05, 0) is 13.8 Å². The molecule has 0 amide bonds. The van der Waals surface area contributed by atoms with Crippen molar-refractivity contribution < 1.29 is 4.74 Å². The van der Waals surface area contributed by atoms with Gasteiger partial charge in [0.1, 0.15) is 0 Å². The zero-order chi connectivity index (χ0) is 10.4. The fourth-order valence-corrected chi connectivity index (χ4v) is 1.27. The third-order valence-electron chi connectivity index (χ3n) is 2.28. The molecule has 0 saturated heterocycles. The van der Waals surface area contributed by atoms with Crippen LogP contribution in [0.15, 0.2) is 12.5 Å². The Morgan fingerprint density at radius 1 is 1.64 bits per heavy atom. The highest BCUT2D eigenvalue weighted by atomic mass is 16.5. The molecule has 1 heterocycles. The van der Waals surface area contributed by atoms with Crippen LogP contribution in [0, 0.1) is 0 Å². The smallest absolute Gasteiger partial charge is 0.0948 e. The molecule has 1 atom stereocenters. The van der Waals surface area contributed by atoms with Crippen LogP contribution in [0.25, 0.3) is 0 Å². The maximum Gasteiger partial charge on any atom is 0.0948 e. The Morgan fingerprint density at radius 2 is 2.43 bits per heavy atom. The van der Waals surface area contributed by atoms with E-state index in [2.05, 4.69) is 21.8 Å². The summed E-state index contributed by atoms with van der Waals surface area (Å²) in [6.45, 7) is 6.84. The lowest BCUT2D eigenvalue weighted by atomic mass is 10.4. The first-order chi connectivity index (χ1) is 6.77. The lowest BCUT2D eigenvalue weighted by Crippen LogP contribution is -2.26. The Kier molecular flexibility index (Phi) is 4.62. The largest absolute Gasteiger partial charge is 0.380 e. The van der Waals surface area contributed by atoms with Gasteiger partial charge in [-0.3, -0.25) is 0 Å². The van der Waals surface area contributed by atoms with E-state index >= 15 is 0 Å². The van der Waals surface area contributed by atoms with Crippen LogP contribution in [0.5, 0.6) is 0 Å². The highest BCUT2D eigenvalue weighted by Gasteiger charge is 2.01. The first kappa shape index (κ1) is 11.2. The van der Waals surface area contributed by atoms with Crippen LogP contribution in [0.3, 0.4) is 0 Å². The van der Waals surface area contributed by atoms with Crippen molar-refractivity contribution in [2.75, 3.05) is 13.7 Å². The van der Waals surface area contributed by atoms with E-state index in [0.717, 1.165) is 19.6 Å². The maximum absolute atomic E-state index is 5.14. The second-order valence-electron chi connectivity index (χ2n) is 3.35. The van der Waals surface area contributed by atoms with E-state index in [4.69, 9.17) is 4.74 Å². The number of nitrogens with one attached hydrogen (secondary N) is 1. The van der Waals surface area contributed by atoms with Crippen molar-refractivity contribution in [3.05, 3.63) is 18.2 Å². The minimum absolute atomic E-state index is 0.257. The molecular weight excluding hydrogens is 178 g/mol. The first-order valence-corrected chi connectivity index (χ1v) is 5.00. The summed E-state index contributed by atoms with van der Waals surface area (Å²) in [6, 6.07) is 0. The third kappa shape index (κ3) is 3.12. The van der Waals surface area contributed by atoms with E-state index < -0.39 is 0 Å². The van der Waals surface area contributed by atoms with E-state index in [-0.39, 0.29) is 6.10 Å². The third-order valence-corrected chi connectivity index (χ3v) is 2.28. The molecule has 0 aliphatic rings. The zero-order valence-corrected chi connectivity index (χ0v) is 9.16. The average Bonchev–Trinajstić information content (AvgIpc) is 2.65. The Bertz CT molecular complexity index is 260. The molecule has 0 aromatic carbocycles. The van der Waals surface area contributed by atoms with Gasteiger partial charge < -0.3 is 14.6 Å². The van der Waals surface area contributed by atoms with Gasteiger partial charge in [0, 0.05) is 32.9 Å². The number of hydrogen-bond donors (Lipinski definition) is 1. The molecule has 1 rings (SSSR count). The fraction of sp³-hybridized carbons (Fsp3) is 0.700. The molecule has 1 aromatic rings. The molecule has 0 saturated carbocycles. The van der Waals surface area contributed by atoms with Gasteiger partial charge in [0.15, 0.2) is 0 Å². The minimum atomic E-state index is 0.257. The Hall–Kier alpha value is -0.870. The van der Waals surface area contributed by atoms with Crippen molar-refractivity contribution in [2.24, 2.45) is 0 Å². The van der Waals surface area contributed by atoms with Crippen LogP contribution in [0.2, 0.25) is 0 Å². The van der Waals surface area contributed by atoms with Gasteiger partial charge in [0.05, 0.1) is 18.1 Å². The quantitative estimate of drug-likeness (QED) is 0.740. The van der Waals surface area contributed by atoms with Crippen molar-refractivity contribution >= 4 is 0 Å². The maximum atomic E-state index is 5.14. The van der Waals surface area contributed by atoms with E-state index in [1.807, 2.05) is 19.4 Å². The molecular formula is C10H19N3O. The van der Waals surface area contributed by atoms with E-state index in [1.165, 1.54) is 5.69 Å². The number of ether oxygens (including phenoxy) is 1. The number of aromatic nitrogens is 2. The standard InChI is InChI=1S/C10H19N3O/c1-4-13-8-12-7-10(13)6-11-5-9(2)14-3/h7-9,11H,4-6H2,1-3H3. The highest BCUT2D eigenvalue weighted by Crippen LogP contribution is 1.98. The van der Waals surface area contributed by atoms with Crippen LogP contribution in [-0.4, -0.2) is 29.3 Å². The topological polar surface area (TPSA) is 39.1 Å². The molecule has 0 aliphatic carbocycles. The van der Waals surface area contributed by atoms with Crippen molar-refractivity contribution in [3.8, 4) is 0 Å². The number of methoxy groups -OCH3 is 1. The molecule has 0 aliphatic heterocycles. The summed E-state index contributed by atoms with van der Waals surface area (Å²) in [6.07, 6.45) is 4.01. The van der Waals surface area contributed by atoms with Gasteiger partial charge in [-0.1, -0.05) is 0 Å². The molecule has 1 N–H and O–H groups in total. The summed E-state index contributed by atoms with van der Waals surface area (Å²) < 4.78 is 7.27. The SMILES string of the molecule is CCn1cncc1CNCC(C)OC. The van der Waals surface area contributed by atoms with Crippen molar-refractivity contribution in [1.82, 2.24) is 14.9 Å². The zero-order valence-electron chi connectivity index (χ0n) is 9.16. The second kappa shape index (κ2) is 5.78. The summed E-state index contributed by atoms with van der Waals surface area (Å²) in [5.41, 5.74) is 1.22. The lowest BCUT2D eigenvalue weighted by Gasteiger charge is -2.11. The van der Waals surface area contributed by atoms with Gasteiger partial charge in [0.25, 0.3) is 0 Å². The summed E-state index contributed by atoms with van der Waals surface area (Å²) in [7, 11) is 1.72. The summed E-state index contributed by atoms with van der Waals surface area (Å²) in [4.78, 5) is 4.10. The predicted molar refractivity (Wildman–Crippen MR) is 56.1 cm³/mol. The van der Waals surface area contributed by atoms with Gasteiger partial charge in [0.2, 0.25) is 0 Å². The first-order valence-electron chi connectivity index (χ1n) is 5.00. The van der Waals surface area contributed by atoms with Crippen molar-refractivity contribution in [3.63, 3.8) is 0 Å². The Morgan fingerprint density at radius 3 is 3.07 bits per heavy atom. The molecule has 14 heavy (non-hydrogen) atoms. The highest BCUT2D eigenvalue weighted by molar-refractivity contribution is 4.97. The predicted octanol–water partition coefficient (Wildman–Crippen LogP) is 1.03. The molecule has 1 unspecified atom stereocenters. The number of aryl methyl sites for hydroxylation is 1. The molecule has 0 bridgehead atoms. The molecule has 0 fully saturated rings. The van der Waals surface area contributed by atoms with E-state index in [1.54, 1.807) is 7.11 Å². The molecule has 4 nitrogen and oxygen atoms in total. The van der Waals surface area contributed by atoms with E-state index in [9.17, 15) is 0 Å². The minimum Gasteiger partial charge on any atom is -0.380 e. The normalized spacial score (nSPS) is 13.1. The summed E-state index contributed by atoms with van der Waals surface area (Å²) >= 11 is 0. The summed E-state index contributed by atoms with van der Waals surface area (Å²) in [5, 5.41) is 3.33. The fourth-order valence-electron chi connectivity index (χ4n) is 1.27. The number of hydrogen-bond acceptors (Lipinski definition) is 3.